The first-order valence-electron chi connectivity index (χ1n) is 12.6. The highest BCUT2D eigenvalue weighted by Gasteiger charge is 2.17. The summed E-state index contributed by atoms with van der Waals surface area (Å²) >= 11 is 0. The summed E-state index contributed by atoms with van der Waals surface area (Å²) in [5.41, 5.74) is 3.94. The molecule has 0 amide bonds. The van der Waals surface area contributed by atoms with E-state index in [-0.39, 0.29) is 11.7 Å². The Morgan fingerprint density at radius 2 is 1.70 bits per heavy atom. The van der Waals surface area contributed by atoms with Gasteiger partial charge in [-0.15, -0.1) is 0 Å². The monoisotopic (exact) mass is 502 g/mol. The van der Waals surface area contributed by atoms with Crippen molar-refractivity contribution in [3.05, 3.63) is 93.2 Å². The molecule has 1 aliphatic heterocycles. The van der Waals surface area contributed by atoms with Gasteiger partial charge < -0.3 is 25.3 Å². The van der Waals surface area contributed by atoms with Gasteiger partial charge >= 0.3 is 0 Å². The maximum absolute atomic E-state index is 11.8. The minimum absolute atomic E-state index is 0.0556. The van der Waals surface area contributed by atoms with E-state index in [0.717, 1.165) is 49.5 Å². The fourth-order valence-corrected chi connectivity index (χ4v) is 4.28. The number of H-pyrrole nitrogens is 1. The van der Waals surface area contributed by atoms with Gasteiger partial charge in [0.2, 0.25) is 5.75 Å². The summed E-state index contributed by atoms with van der Waals surface area (Å²) in [6, 6.07) is 16.3. The molecule has 194 valence electrons. The Balaban J connectivity index is 1.42. The molecule has 1 aliphatic rings. The molecule has 0 radical (unpaired) electrons. The molecule has 4 N–H and O–H groups in total. The van der Waals surface area contributed by atoms with Crippen LogP contribution in [0.1, 0.15) is 40.8 Å². The summed E-state index contributed by atoms with van der Waals surface area (Å²) in [4.78, 5) is 20.7. The molecule has 2 aromatic carbocycles. The third-order valence-electron chi connectivity index (χ3n) is 6.37. The van der Waals surface area contributed by atoms with Crippen molar-refractivity contribution >= 4 is 0 Å². The number of morpholine rings is 1. The highest BCUT2D eigenvalue weighted by molar-refractivity contribution is 5.44. The molecule has 0 spiro atoms. The van der Waals surface area contributed by atoms with Crippen molar-refractivity contribution in [1.82, 2.24) is 20.2 Å². The smallest absolute Gasteiger partial charge is 0.293 e. The van der Waals surface area contributed by atoms with Gasteiger partial charge in [0.25, 0.3) is 5.56 Å². The molecule has 2 heterocycles. The van der Waals surface area contributed by atoms with Crippen LogP contribution in [0.25, 0.3) is 0 Å². The highest BCUT2D eigenvalue weighted by Crippen LogP contribution is 2.23. The molecule has 37 heavy (non-hydrogen) atoms. The van der Waals surface area contributed by atoms with Gasteiger partial charge in [-0.2, -0.15) is 0 Å². The van der Waals surface area contributed by atoms with Crippen molar-refractivity contribution in [2.75, 3.05) is 39.4 Å². The maximum Gasteiger partial charge on any atom is 0.293 e. The SMILES string of the molecule is C[C@@H](O)CNC[C@@H](Cc1nc[nH]c(=O)c1O)c1ccc(C#Cc2ccc(CN3CCOCC3)cc2)cc1. The molecular weight excluding hydrogens is 468 g/mol. The van der Waals surface area contributed by atoms with Crippen LogP contribution in [0.4, 0.5) is 0 Å². The molecule has 0 unspecified atom stereocenters. The number of ether oxygens (including phenoxy) is 1. The van der Waals surface area contributed by atoms with E-state index < -0.39 is 11.7 Å². The number of hydrogen-bond acceptors (Lipinski definition) is 7. The summed E-state index contributed by atoms with van der Waals surface area (Å²) < 4.78 is 5.41. The van der Waals surface area contributed by atoms with E-state index in [1.807, 2.05) is 24.3 Å². The number of nitrogens with zero attached hydrogens (tertiary/aromatic N) is 2. The van der Waals surface area contributed by atoms with E-state index in [0.29, 0.717) is 25.2 Å². The molecule has 3 aromatic rings. The van der Waals surface area contributed by atoms with Crippen LogP contribution in [0.5, 0.6) is 5.75 Å². The average Bonchev–Trinajstić information content (AvgIpc) is 2.91. The summed E-state index contributed by atoms with van der Waals surface area (Å²) in [6.07, 6.45) is 1.20. The maximum atomic E-state index is 11.8. The van der Waals surface area contributed by atoms with Crippen LogP contribution in [0.15, 0.2) is 59.7 Å². The van der Waals surface area contributed by atoms with Gasteiger partial charge in [-0.1, -0.05) is 36.1 Å². The molecule has 8 nitrogen and oxygen atoms in total. The fourth-order valence-electron chi connectivity index (χ4n) is 4.28. The van der Waals surface area contributed by atoms with Crippen LogP contribution in [-0.4, -0.2) is 70.6 Å². The van der Waals surface area contributed by atoms with Gasteiger partial charge in [-0.05, 0) is 42.3 Å². The quantitative estimate of drug-likeness (QED) is 0.331. The van der Waals surface area contributed by atoms with Crippen molar-refractivity contribution < 1.29 is 14.9 Å². The number of aromatic amines is 1. The van der Waals surface area contributed by atoms with E-state index in [9.17, 15) is 15.0 Å². The van der Waals surface area contributed by atoms with Crippen LogP contribution in [0.2, 0.25) is 0 Å². The zero-order chi connectivity index (χ0) is 26.0. The minimum atomic E-state index is -0.555. The largest absolute Gasteiger partial charge is 0.502 e. The lowest BCUT2D eigenvalue weighted by molar-refractivity contribution is 0.0342. The lowest BCUT2D eigenvalue weighted by Gasteiger charge is -2.26. The number of hydrogen-bond donors (Lipinski definition) is 4. The second-order valence-electron chi connectivity index (χ2n) is 9.39. The molecule has 1 saturated heterocycles. The predicted molar refractivity (Wildman–Crippen MR) is 142 cm³/mol. The third-order valence-corrected chi connectivity index (χ3v) is 6.37. The number of benzene rings is 2. The second-order valence-corrected chi connectivity index (χ2v) is 9.39. The van der Waals surface area contributed by atoms with Crippen molar-refractivity contribution in [3.8, 4) is 17.6 Å². The van der Waals surface area contributed by atoms with Crippen LogP contribution >= 0.6 is 0 Å². The molecule has 1 fully saturated rings. The number of aliphatic hydroxyl groups is 1. The van der Waals surface area contributed by atoms with Gasteiger partial charge in [0, 0.05) is 56.2 Å². The predicted octanol–water partition coefficient (Wildman–Crippen LogP) is 2.00. The second kappa shape index (κ2) is 13.2. The van der Waals surface area contributed by atoms with E-state index in [1.165, 1.54) is 11.9 Å². The molecule has 0 bridgehead atoms. The fraction of sp³-hybridized carbons (Fsp3) is 0.379. The normalized spacial score (nSPS) is 15.5. The van der Waals surface area contributed by atoms with E-state index in [4.69, 9.17) is 4.74 Å². The number of rotatable bonds is 9. The number of aromatic nitrogens is 2. The number of aromatic hydroxyl groups is 1. The zero-order valence-corrected chi connectivity index (χ0v) is 21.1. The third kappa shape index (κ3) is 8.00. The summed E-state index contributed by atoms with van der Waals surface area (Å²) in [5.74, 6) is 6.05. The highest BCUT2D eigenvalue weighted by atomic mass is 16.5. The summed E-state index contributed by atoms with van der Waals surface area (Å²) in [7, 11) is 0. The number of aliphatic hydroxyl groups excluding tert-OH is 1. The first kappa shape index (κ1) is 26.6. The molecule has 0 aliphatic carbocycles. The van der Waals surface area contributed by atoms with Crippen LogP contribution < -0.4 is 10.9 Å². The lowest BCUT2D eigenvalue weighted by Crippen LogP contribution is -2.35. The van der Waals surface area contributed by atoms with Gasteiger partial charge in [0.1, 0.15) is 0 Å². The van der Waals surface area contributed by atoms with Gasteiger partial charge in [-0.25, -0.2) is 4.98 Å². The standard InChI is InChI=1S/C29H34N4O4/c1-21(34)17-30-18-26(16-27-28(35)29(36)32-20-31-27)25-10-8-23(9-11-25)3-2-22-4-6-24(7-5-22)19-33-12-14-37-15-13-33/h4-11,20-21,26,30,34-35H,12-19H2,1H3,(H,31,32,36)/t21-,26-/m1/s1. The zero-order valence-electron chi connectivity index (χ0n) is 21.1. The van der Waals surface area contributed by atoms with Gasteiger partial charge in [0.05, 0.1) is 31.3 Å². The van der Waals surface area contributed by atoms with E-state index in [2.05, 4.69) is 56.3 Å². The first-order chi connectivity index (χ1) is 18.0. The van der Waals surface area contributed by atoms with Crippen molar-refractivity contribution in [1.29, 1.82) is 0 Å². The summed E-state index contributed by atoms with van der Waals surface area (Å²) in [5, 5.41) is 23.0. The average molecular weight is 503 g/mol. The Labute approximate surface area is 217 Å². The van der Waals surface area contributed by atoms with Crippen molar-refractivity contribution in [3.63, 3.8) is 0 Å². The van der Waals surface area contributed by atoms with Gasteiger partial charge in [-0.3, -0.25) is 9.69 Å². The molecule has 0 saturated carbocycles. The molecule has 8 heteroatoms. The minimum Gasteiger partial charge on any atom is -0.502 e. The number of nitrogens with one attached hydrogen (secondary N) is 2. The Hall–Kier alpha value is -3.48. The van der Waals surface area contributed by atoms with Gasteiger partial charge in [0.15, 0.2) is 0 Å². The molecular formula is C29H34N4O4. The Morgan fingerprint density at radius 3 is 2.35 bits per heavy atom. The van der Waals surface area contributed by atoms with Crippen LogP contribution in [-0.2, 0) is 17.7 Å². The van der Waals surface area contributed by atoms with Crippen molar-refractivity contribution in [2.45, 2.75) is 31.9 Å². The van der Waals surface area contributed by atoms with Crippen LogP contribution in [0, 0.1) is 11.8 Å². The van der Waals surface area contributed by atoms with E-state index >= 15 is 0 Å². The van der Waals surface area contributed by atoms with Crippen molar-refractivity contribution in [2.24, 2.45) is 0 Å². The lowest BCUT2D eigenvalue weighted by atomic mass is 9.93. The first-order valence-corrected chi connectivity index (χ1v) is 12.6. The topological polar surface area (TPSA) is 111 Å². The molecule has 1 aromatic heterocycles. The molecule has 2 atom stereocenters. The van der Waals surface area contributed by atoms with Crippen LogP contribution in [0.3, 0.4) is 0 Å². The Kier molecular flexibility index (Phi) is 9.46. The Morgan fingerprint density at radius 1 is 1.05 bits per heavy atom. The van der Waals surface area contributed by atoms with E-state index in [1.54, 1.807) is 6.92 Å². The summed E-state index contributed by atoms with van der Waals surface area (Å²) in [6.45, 7) is 7.18. The Bertz CT molecular complexity index is 1250. The molecule has 4 rings (SSSR count).